The second-order valence-electron chi connectivity index (χ2n) is 6.37. The lowest BCUT2D eigenvalue weighted by Gasteiger charge is -2.21. The van der Waals surface area contributed by atoms with E-state index in [4.69, 9.17) is 5.73 Å². The molecule has 0 aliphatic rings. The molecular formula is C26H37BrN2. The first-order chi connectivity index (χ1) is 14.2. The van der Waals surface area contributed by atoms with E-state index in [1.807, 2.05) is 48.6 Å². The zero-order chi connectivity index (χ0) is 21.6. The van der Waals surface area contributed by atoms with E-state index in [1.54, 1.807) is 0 Å². The molecule has 0 amide bonds. The Kier molecular flexibility index (Phi) is 19.4. The van der Waals surface area contributed by atoms with E-state index in [-0.39, 0.29) is 0 Å². The van der Waals surface area contributed by atoms with Crippen molar-refractivity contribution in [1.29, 1.82) is 0 Å². The van der Waals surface area contributed by atoms with Crippen LogP contribution in [0.4, 0.5) is 0 Å². The maximum atomic E-state index is 5.35. The Balaban J connectivity index is 0.000000498. The Hall–Kier alpha value is -1.94. The van der Waals surface area contributed by atoms with Gasteiger partial charge in [0.2, 0.25) is 0 Å². The van der Waals surface area contributed by atoms with Crippen LogP contribution in [-0.2, 0) is 13.1 Å². The van der Waals surface area contributed by atoms with Crippen molar-refractivity contribution in [3.05, 3.63) is 110 Å². The van der Waals surface area contributed by atoms with Crippen LogP contribution in [0.5, 0.6) is 0 Å². The summed E-state index contributed by atoms with van der Waals surface area (Å²) in [7, 11) is 0. The predicted molar refractivity (Wildman–Crippen MR) is 134 cm³/mol. The van der Waals surface area contributed by atoms with Gasteiger partial charge in [-0.1, -0.05) is 94.8 Å². The molecule has 0 heterocycles. The average Bonchev–Trinajstić information content (AvgIpc) is 2.78. The molecule has 158 valence electrons. The van der Waals surface area contributed by atoms with Crippen LogP contribution < -0.4 is 5.73 Å². The minimum Gasteiger partial charge on any atom is -0.326 e. The fraction of sp³-hybridized carbons (Fsp3) is 0.308. The van der Waals surface area contributed by atoms with Crippen LogP contribution in [0.3, 0.4) is 0 Å². The third-order valence-electron chi connectivity index (χ3n) is 3.94. The third-order valence-corrected chi connectivity index (χ3v) is 4.40. The zero-order valence-electron chi connectivity index (χ0n) is 17.7. The molecule has 0 aliphatic carbocycles. The number of halogens is 1. The van der Waals surface area contributed by atoms with E-state index in [0.29, 0.717) is 6.54 Å². The number of alkyl halides is 1. The van der Waals surface area contributed by atoms with E-state index in [0.717, 1.165) is 44.2 Å². The summed E-state index contributed by atoms with van der Waals surface area (Å²) in [5.41, 5.74) is 7.91. The molecule has 2 aromatic carbocycles. The quantitative estimate of drug-likeness (QED) is 0.299. The van der Waals surface area contributed by atoms with Gasteiger partial charge in [0.25, 0.3) is 0 Å². The highest BCUT2D eigenvalue weighted by atomic mass is 79.9. The van der Waals surface area contributed by atoms with Gasteiger partial charge in [0.1, 0.15) is 0 Å². The topological polar surface area (TPSA) is 29.3 Å². The van der Waals surface area contributed by atoms with Gasteiger partial charge in [0.05, 0.1) is 0 Å². The van der Waals surface area contributed by atoms with Gasteiger partial charge in [-0.3, -0.25) is 4.90 Å². The summed E-state index contributed by atoms with van der Waals surface area (Å²) in [6.45, 7) is 14.9. The van der Waals surface area contributed by atoms with Gasteiger partial charge < -0.3 is 5.73 Å². The lowest BCUT2D eigenvalue weighted by atomic mass is 10.2. The van der Waals surface area contributed by atoms with Crippen molar-refractivity contribution < 1.29 is 0 Å². The Bertz CT molecular complexity index is 614. The van der Waals surface area contributed by atoms with Crippen molar-refractivity contribution in [1.82, 2.24) is 4.90 Å². The van der Waals surface area contributed by atoms with Crippen molar-refractivity contribution in [2.45, 2.75) is 32.4 Å². The molecule has 0 bridgehead atoms. The van der Waals surface area contributed by atoms with Crippen molar-refractivity contribution in [2.75, 3.05) is 18.4 Å². The SMILES string of the molecule is C=CCCBr.C=CCCN(CCC=C)Cc1ccccc1.NCc1ccccc1. The molecule has 29 heavy (non-hydrogen) atoms. The van der Waals surface area contributed by atoms with Crippen LogP contribution in [-0.4, -0.2) is 23.3 Å². The largest absolute Gasteiger partial charge is 0.326 e. The molecule has 0 atom stereocenters. The number of benzene rings is 2. The van der Waals surface area contributed by atoms with Gasteiger partial charge >= 0.3 is 0 Å². The van der Waals surface area contributed by atoms with Crippen molar-refractivity contribution in [3.63, 3.8) is 0 Å². The molecule has 0 spiro atoms. The summed E-state index contributed by atoms with van der Waals surface area (Å²) in [4.78, 5) is 2.44. The Morgan fingerprint density at radius 2 is 1.17 bits per heavy atom. The normalized spacial score (nSPS) is 9.48. The molecule has 0 fully saturated rings. The minimum absolute atomic E-state index is 0.640. The second kappa shape index (κ2) is 20.8. The van der Waals surface area contributed by atoms with Crippen molar-refractivity contribution in [3.8, 4) is 0 Å². The molecular weight excluding hydrogens is 420 g/mol. The summed E-state index contributed by atoms with van der Waals surface area (Å²) < 4.78 is 0. The maximum absolute atomic E-state index is 5.35. The fourth-order valence-corrected chi connectivity index (χ4v) is 2.67. The Morgan fingerprint density at radius 1 is 0.724 bits per heavy atom. The van der Waals surface area contributed by atoms with Crippen LogP contribution >= 0.6 is 15.9 Å². The summed E-state index contributed by atoms with van der Waals surface area (Å²) in [6.07, 6.45) is 9.00. The highest BCUT2D eigenvalue weighted by Gasteiger charge is 2.03. The number of hydrogen-bond acceptors (Lipinski definition) is 2. The van der Waals surface area contributed by atoms with E-state index >= 15 is 0 Å². The summed E-state index contributed by atoms with van der Waals surface area (Å²) in [5.74, 6) is 0. The first-order valence-electron chi connectivity index (χ1n) is 10.1. The molecule has 0 radical (unpaired) electrons. The van der Waals surface area contributed by atoms with Crippen molar-refractivity contribution in [2.24, 2.45) is 5.73 Å². The van der Waals surface area contributed by atoms with E-state index < -0.39 is 0 Å². The van der Waals surface area contributed by atoms with Gasteiger partial charge in [-0.2, -0.15) is 0 Å². The van der Waals surface area contributed by atoms with E-state index in [2.05, 4.69) is 70.9 Å². The van der Waals surface area contributed by atoms with E-state index in [1.165, 1.54) is 11.1 Å². The molecule has 0 aliphatic heterocycles. The second-order valence-corrected chi connectivity index (χ2v) is 7.17. The lowest BCUT2D eigenvalue weighted by molar-refractivity contribution is 0.276. The number of hydrogen-bond donors (Lipinski definition) is 1. The molecule has 0 aromatic heterocycles. The molecule has 0 unspecified atom stereocenters. The molecule has 2 nitrogen and oxygen atoms in total. The van der Waals surface area contributed by atoms with Gasteiger partial charge in [-0.05, 0) is 30.4 Å². The van der Waals surface area contributed by atoms with Crippen LogP contribution in [0.2, 0.25) is 0 Å². The van der Waals surface area contributed by atoms with Gasteiger partial charge in [-0.25, -0.2) is 0 Å². The molecule has 0 saturated carbocycles. The molecule has 2 N–H and O–H groups in total. The molecule has 2 aromatic rings. The first-order valence-corrected chi connectivity index (χ1v) is 11.2. The summed E-state index contributed by atoms with van der Waals surface area (Å²) in [6, 6.07) is 20.6. The highest BCUT2D eigenvalue weighted by molar-refractivity contribution is 9.09. The van der Waals surface area contributed by atoms with Gasteiger partial charge in [0.15, 0.2) is 0 Å². The monoisotopic (exact) mass is 456 g/mol. The van der Waals surface area contributed by atoms with Crippen LogP contribution in [0.1, 0.15) is 30.4 Å². The zero-order valence-corrected chi connectivity index (χ0v) is 19.3. The number of allylic oxidation sites excluding steroid dienone is 1. The van der Waals surface area contributed by atoms with Crippen LogP contribution in [0.15, 0.2) is 98.6 Å². The minimum atomic E-state index is 0.640. The molecule has 2 rings (SSSR count). The molecule has 0 saturated heterocycles. The highest BCUT2D eigenvalue weighted by Crippen LogP contribution is 2.06. The smallest absolute Gasteiger partial charge is 0.0233 e. The third kappa shape index (κ3) is 16.7. The van der Waals surface area contributed by atoms with Crippen LogP contribution in [0.25, 0.3) is 0 Å². The average molecular weight is 458 g/mol. The standard InChI is InChI=1S/C15H21N.C7H9N.C4H7Br/c1-3-5-12-16(13-6-4-2)14-15-10-8-7-9-11-15;8-6-7-4-2-1-3-5-7;1-2-3-4-5/h3-4,7-11H,1-2,5-6,12-14H2;1-5H,6,8H2;2H,1,3-4H2. The maximum Gasteiger partial charge on any atom is 0.0233 e. The number of nitrogens with two attached hydrogens (primary N) is 1. The summed E-state index contributed by atoms with van der Waals surface area (Å²) >= 11 is 3.24. The number of nitrogens with zero attached hydrogens (tertiary/aromatic N) is 1. The first kappa shape index (κ1) is 27.1. The Labute approximate surface area is 187 Å². The fourth-order valence-electron chi connectivity index (χ4n) is 2.35. The summed E-state index contributed by atoms with van der Waals surface area (Å²) in [5, 5.41) is 1.04. The molecule has 3 heteroatoms. The van der Waals surface area contributed by atoms with Crippen molar-refractivity contribution >= 4 is 15.9 Å². The predicted octanol–water partition coefficient (Wildman–Crippen LogP) is 6.74. The van der Waals surface area contributed by atoms with Gasteiger partial charge in [0, 0.05) is 31.5 Å². The number of rotatable bonds is 11. The Morgan fingerprint density at radius 3 is 1.48 bits per heavy atom. The van der Waals surface area contributed by atoms with Crippen LogP contribution in [0, 0.1) is 0 Å². The lowest BCUT2D eigenvalue weighted by Crippen LogP contribution is -2.25. The van der Waals surface area contributed by atoms with E-state index in [9.17, 15) is 0 Å². The van der Waals surface area contributed by atoms with Gasteiger partial charge in [-0.15, -0.1) is 19.7 Å².